The van der Waals surface area contributed by atoms with Gasteiger partial charge in [-0.1, -0.05) is 30.3 Å². The molecule has 1 radical (unpaired) electrons. The average Bonchev–Trinajstić information content (AvgIpc) is 2.62. The van der Waals surface area contributed by atoms with Crippen molar-refractivity contribution in [1.29, 1.82) is 0 Å². The molecule has 7 nitrogen and oxygen atoms in total. The summed E-state index contributed by atoms with van der Waals surface area (Å²) in [6.07, 6.45) is 0. The average molecular weight is 336 g/mol. The molecule has 25 heavy (non-hydrogen) atoms. The van der Waals surface area contributed by atoms with E-state index < -0.39 is 10.9 Å². The highest BCUT2D eigenvalue weighted by Gasteiger charge is 2.20. The number of non-ortho nitro benzene ring substituents is 1. The topological polar surface area (TPSA) is 95.7 Å². The molecule has 0 N–H and O–H groups in total. The minimum absolute atomic E-state index is 0.175. The van der Waals surface area contributed by atoms with E-state index in [1.807, 2.05) is 24.3 Å². The first-order valence-electron chi connectivity index (χ1n) is 7.12. The van der Waals surface area contributed by atoms with Crippen molar-refractivity contribution < 1.29 is 24.0 Å². The van der Waals surface area contributed by atoms with Crippen LogP contribution < -0.4 is 9.47 Å². The van der Waals surface area contributed by atoms with Gasteiger partial charge in [0, 0.05) is 12.1 Å². The SMILES string of the molecule is O=[C]Oc1ccc([N+](=O)[O-])cc1C(=O)Oc1ccc2ccccc2c1. The standard InChI is InChI=1S/C18H10NO6/c20-11-24-17-8-6-14(19(22)23)10-16(17)18(21)25-15-7-5-12-3-1-2-4-13(12)9-15/h1-10H. The second-order valence-corrected chi connectivity index (χ2v) is 5.02. The van der Waals surface area contributed by atoms with Crippen molar-refractivity contribution in [3.05, 3.63) is 76.3 Å². The van der Waals surface area contributed by atoms with Crippen LogP contribution in [0.2, 0.25) is 0 Å². The van der Waals surface area contributed by atoms with Crippen molar-refractivity contribution >= 4 is 28.9 Å². The summed E-state index contributed by atoms with van der Waals surface area (Å²) in [7, 11) is 0. The van der Waals surface area contributed by atoms with Crippen LogP contribution in [0.15, 0.2) is 60.7 Å². The molecule has 123 valence electrons. The summed E-state index contributed by atoms with van der Waals surface area (Å²) in [4.78, 5) is 33.0. The number of nitro groups is 1. The summed E-state index contributed by atoms with van der Waals surface area (Å²) in [5.74, 6) is -0.799. The van der Waals surface area contributed by atoms with E-state index in [2.05, 4.69) is 4.74 Å². The Balaban J connectivity index is 1.94. The Kier molecular flexibility index (Phi) is 4.38. The zero-order chi connectivity index (χ0) is 17.8. The number of esters is 1. The molecule has 0 saturated carbocycles. The maximum Gasteiger partial charge on any atom is 0.423 e. The number of hydrogen-bond acceptors (Lipinski definition) is 6. The van der Waals surface area contributed by atoms with Crippen molar-refractivity contribution in [3.63, 3.8) is 0 Å². The van der Waals surface area contributed by atoms with Crippen LogP contribution in [-0.4, -0.2) is 17.4 Å². The lowest BCUT2D eigenvalue weighted by atomic mass is 10.1. The van der Waals surface area contributed by atoms with Gasteiger partial charge in [-0.3, -0.25) is 10.1 Å². The highest BCUT2D eigenvalue weighted by molar-refractivity contribution is 5.95. The lowest BCUT2D eigenvalue weighted by molar-refractivity contribution is -0.384. The maximum absolute atomic E-state index is 12.4. The van der Waals surface area contributed by atoms with Crippen LogP contribution >= 0.6 is 0 Å². The second-order valence-electron chi connectivity index (χ2n) is 5.02. The van der Waals surface area contributed by atoms with E-state index in [4.69, 9.17) is 4.74 Å². The fourth-order valence-corrected chi connectivity index (χ4v) is 2.32. The zero-order valence-electron chi connectivity index (χ0n) is 12.7. The minimum atomic E-state index is -0.885. The number of hydrogen-bond donors (Lipinski definition) is 0. The second kappa shape index (κ2) is 6.79. The van der Waals surface area contributed by atoms with Crippen LogP contribution in [0.3, 0.4) is 0 Å². The molecule has 0 unspecified atom stereocenters. The van der Waals surface area contributed by atoms with Crippen LogP contribution in [0.4, 0.5) is 5.69 Å². The molecule has 0 atom stereocenters. The number of nitrogens with zero attached hydrogens (tertiary/aromatic N) is 1. The fraction of sp³-hybridized carbons (Fsp3) is 0. The Bertz CT molecular complexity index is 982. The van der Waals surface area contributed by atoms with Gasteiger partial charge in [0.25, 0.3) is 5.69 Å². The Morgan fingerprint density at radius 3 is 2.48 bits per heavy atom. The molecule has 0 amide bonds. The first kappa shape index (κ1) is 16.1. The molecule has 0 aliphatic rings. The van der Waals surface area contributed by atoms with E-state index in [1.165, 1.54) is 6.47 Å². The van der Waals surface area contributed by atoms with Crippen molar-refractivity contribution in [2.75, 3.05) is 0 Å². The molecule has 0 saturated heterocycles. The predicted molar refractivity (Wildman–Crippen MR) is 88.3 cm³/mol. The van der Waals surface area contributed by atoms with Gasteiger partial charge in [0.15, 0.2) is 0 Å². The number of carbonyl (C=O) groups is 1. The molecule has 0 heterocycles. The number of nitro benzene ring substituents is 1. The van der Waals surface area contributed by atoms with E-state index in [-0.39, 0.29) is 22.7 Å². The van der Waals surface area contributed by atoms with Crippen LogP contribution in [-0.2, 0) is 4.79 Å². The lowest BCUT2D eigenvalue weighted by Crippen LogP contribution is -2.11. The molecule has 3 rings (SSSR count). The highest BCUT2D eigenvalue weighted by Crippen LogP contribution is 2.27. The molecule has 7 heteroatoms. The smallest absolute Gasteiger partial charge is 0.423 e. The zero-order valence-corrected chi connectivity index (χ0v) is 12.7. The predicted octanol–water partition coefficient (Wildman–Crippen LogP) is 3.41. The van der Waals surface area contributed by atoms with Crippen molar-refractivity contribution in [1.82, 2.24) is 0 Å². The van der Waals surface area contributed by atoms with Crippen molar-refractivity contribution in [2.45, 2.75) is 0 Å². The van der Waals surface area contributed by atoms with E-state index >= 15 is 0 Å². The Morgan fingerprint density at radius 1 is 1.00 bits per heavy atom. The maximum atomic E-state index is 12.4. The normalized spacial score (nSPS) is 10.2. The quantitative estimate of drug-likeness (QED) is 0.307. The monoisotopic (exact) mass is 336 g/mol. The molecule has 3 aromatic rings. The largest absolute Gasteiger partial charge is 0.423 e. The van der Waals surface area contributed by atoms with E-state index in [0.717, 1.165) is 29.0 Å². The highest BCUT2D eigenvalue weighted by atomic mass is 16.6. The molecule has 3 aromatic carbocycles. The number of benzene rings is 3. The van der Waals surface area contributed by atoms with E-state index in [0.29, 0.717) is 0 Å². The van der Waals surface area contributed by atoms with Gasteiger partial charge in [-0.25, -0.2) is 9.59 Å². The molecular weight excluding hydrogens is 326 g/mol. The molecule has 0 spiro atoms. The number of ether oxygens (including phenoxy) is 2. The molecule has 0 aromatic heterocycles. The first-order chi connectivity index (χ1) is 12.1. The summed E-state index contributed by atoms with van der Waals surface area (Å²) in [5.41, 5.74) is -0.575. The van der Waals surface area contributed by atoms with Crippen molar-refractivity contribution in [3.8, 4) is 11.5 Å². The van der Waals surface area contributed by atoms with Crippen molar-refractivity contribution in [2.24, 2.45) is 0 Å². The van der Waals surface area contributed by atoms with Gasteiger partial charge in [0.1, 0.15) is 17.1 Å². The third-order valence-electron chi connectivity index (χ3n) is 3.48. The van der Waals surface area contributed by atoms with Gasteiger partial charge in [-0.05, 0) is 29.0 Å². The summed E-state index contributed by atoms with van der Waals surface area (Å²) in [6, 6.07) is 15.8. The molecule has 0 aliphatic carbocycles. The Labute approximate surface area is 141 Å². The summed E-state index contributed by atoms with van der Waals surface area (Å²) in [6.45, 7) is 1.19. The van der Waals surface area contributed by atoms with E-state index in [9.17, 15) is 19.7 Å². The minimum Gasteiger partial charge on any atom is -0.423 e. The Morgan fingerprint density at radius 2 is 1.76 bits per heavy atom. The van der Waals surface area contributed by atoms with Gasteiger partial charge in [-0.2, -0.15) is 0 Å². The Hall–Kier alpha value is -3.74. The van der Waals surface area contributed by atoms with Gasteiger partial charge < -0.3 is 9.47 Å². The van der Waals surface area contributed by atoms with Crippen LogP contribution in [0, 0.1) is 10.1 Å². The first-order valence-corrected chi connectivity index (χ1v) is 7.12. The summed E-state index contributed by atoms with van der Waals surface area (Å²) < 4.78 is 9.83. The van der Waals surface area contributed by atoms with Gasteiger partial charge in [0.05, 0.1) is 4.92 Å². The van der Waals surface area contributed by atoms with Gasteiger partial charge >= 0.3 is 12.4 Å². The molecule has 0 fully saturated rings. The van der Waals surface area contributed by atoms with Crippen LogP contribution in [0.5, 0.6) is 11.5 Å². The van der Waals surface area contributed by atoms with Gasteiger partial charge in [-0.15, -0.1) is 0 Å². The van der Waals surface area contributed by atoms with Crippen LogP contribution in [0.1, 0.15) is 10.4 Å². The van der Waals surface area contributed by atoms with E-state index in [1.54, 1.807) is 18.2 Å². The third-order valence-corrected chi connectivity index (χ3v) is 3.48. The number of fused-ring (bicyclic) bond motifs is 1. The molecular formula is C18H10NO6. The van der Waals surface area contributed by atoms with Gasteiger partial charge in [0.2, 0.25) is 0 Å². The summed E-state index contributed by atoms with van der Waals surface area (Å²) >= 11 is 0. The fourth-order valence-electron chi connectivity index (χ4n) is 2.32. The number of carbonyl (C=O) groups excluding carboxylic acids is 2. The third kappa shape index (κ3) is 3.45. The molecule has 0 aliphatic heterocycles. The lowest BCUT2D eigenvalue weighted by Gasteiger charge is -2.08. The molecule has 0 bridgehead atoms. The number of rotatable bonds is 5. The summed E-state index contributed by atoms with van der Waals surface area (Å²) in [5, 5.41) is 12.7. The van der Waals surface area contributed by atoms with Crippen LogP contribution in [0.25, 0.3) is 10.8 Å².